The summed E-state index contributed by atoms with van der Waals surface area (Å²) in [6.07, 6.45) is 1.04. The molecule has 2 aromatic heterocycles. The van der Waals surface area contributed by atoms with E-state index < -0.39 is 38.5 Å². The molecular weight excluding hydrogens is 673 g/mol. The monoisotopic (exact) mass is 722 g/mol. The zero-order valence-corrected chi connectivity index (χ0v) is 32.4. The molecule has 0 unspecified atom stereocenters. The Morgan fingerprint density at radius 1 is 0.824 bits per heavy atom. The normalized spacial score (nSPS) is 11.4. The summed E-state index contributed by atoms with van der Waals surface area (Å²) in [5.74, 6) is 0.0520. The Hall–Kier alpha value is -4.91. The minimum absolute atomic E-state index is 0.0185. The minimum atomic E-state index is -3.48. The number of hydrogen-bond donors (Lipinski definition) is 0. The van der Waals surface area contributed by atoms with E-state index in [9.17, 15) is 18.0 Å². The summed E-state index contributed by atoms with van der Waals surface area (Å²) in [7, 11) is -3.48. The number of carbonyl (C=O) groups is 3. The number of amides is 2. The lowest BCUT2D eigenvalue weighted by molar-refractivity contribution is -0.106. The number of aldehydes is 1. The maximum absolute atomic E-state index is 13.5. The molecule has 2 aromatic carbocycles. The second kappa shape index (κ2) is 17.8. The molecule has 276 valence electrons. The highest BCUT2D eigenvalue weighted by atomic mass is 32.2. The van der Waals surface area contributed by atoms with Gasteiger partial charge >= 0.3 is 12.2 Å². The smallest absolute Gasteiger partial charge is 0.425 e. The van der Waals surface area contributed by atoms with Gasteiger partial charge in [0.25, 0.3) is 5.89 Å². The van der Waals surface area contributed by atoms with Crippen LogP contribution in [0.5, 0.6) is 0 Å². The van der Waals surface area contributed by atoms with E-state index in [4.69, 9.17) is 18.7 Å². The summed E-state index contributed by atoms with van der Waals surface area (Å²) >= 11 is 0. The van der Waals surface area contributed by atoms with Crippen molar-refractivity contribution in [2.75, 3.05) is 4.90 Å². The van der Waals surface area contributed by atoms with E-state index in [0.717, 1.165) is 18.3 Å². The zero-order chi connectivity index (χ0) is 38.7. The number of anilines is 1. The molecular formula is C38H50N4O8S. The van der Waals surface area contributed by atoms with E-state index in [-0.39, 0.29) is 28.1 Å². The number of aryl methyl sites for hydroxylation is 1. The third-order valence-electron chi connectivity index (χ3n) is 6.63. The van der Waals surface area contributed by atoms with Crippen molar-refractivity contribution < 1.29 is 36.7 Å². The number of rotatable bonds is 7. The zero-order valence-electron chi connectivity index (χ0n) is 31.6. The number of benzene rings is 2. The molecule has 0 aliphatic heterocycles. The molecule has 12 nitrogen and oxygen atoms in total. The van der Waals surface area contributed by atoms with Crippen molar-refractivity contribution in [1.29, 1.82) is 0 Å². The van der Waals surface area contributed by atoms with Gasteiger partial charge in [-0.05, 0) is 110 Å². The fraction of sp³-hybridized carbons (Fsp3) is 0.421. The van der Waals surface area contributed by atoms with Gasteiger partial charge in [-0.1, -0.05) is 45.0 Å². The fourth-order valence-corrected chi connectivity index (χ4v) is 5.31. The van der Waals surface area contributed by atoms with Gasteiger partial charge < -0.3 is 18.7 Å². The number of hydrogen-bond acceptors (Lipinski definition) is 11. The van der Waals surface area contributed by atoms with Gasteiger partial charge in [0, 0.05) is 17.3 Å². The first kappa shape index (κ1) is 42.3. The summed E-state index contributed by atoms with van der Waals surface area (Å²) in [6, 6.07) is 15.7. The van der Waals surface area contributed by atoms with Crippen LogP contribution in [-0.2, 0) is 30.5 Å². The maximum Gasteiger partial charge on any atom is 0.425 e. The molecule has 0 aliphatic carbocycles. The quantitative estimate of drug-likeness (QED) is 0.167. The molecule has 0 saturated heterocycles. The molecule has 0 N–H and O–H groups in total. The van der Waals surface area contributed by atoms with Gasteiger partial charge in [0.05, 0.1) is 15.7 Å². The van der Waals surface area contributed by atoms with Crippen LogP contribution < -0.4 is 4.90 Å². The molecule has 2 heterocycles. The van der Waals surface area contributed by atoms with Crippen LogP contribution in [-0.4, -0.2) is 58.5 Å². The predicted octanol–water partition coefficient (Wildman–Crippen LogP) is 9.12. The fourth-order valence-electron chi connectivity index (χ4n) is 4.25. The number of ether oxygens (including phenoxy) is 2. The second-order valence-electron chi connectivity index (χ2n) is 13.2. The Morgan fingerprint density at radius 3 is 1.75 bits per heavy atom. The molecule has 0 fully saturated rings. The van der Waals surface area contributed by atoms with Crippen LogP contribution in [0.2, 0.25) is 0 Å². The summed E-state index contributed by atoms with van der Waals surface area (Å²) in [5.41, 5.74) is 1.24. The van der Waals surface area contributed by atoms with E-state index in [1.54, 1.807) is 73.6 Å². The Balaban J connectivity index is 0.00000171. The molecule has 0 saturated carbocycles. The maximum atomic E-state index is 13.5. The Morgan fingerprint density at radius 2 is 1.29 bits per heavy atom. The SMILES string of the molecule is CC.CC=O.CCc1ccc(-c2nnc(-c3cc(-c4ccc(S(=O)(=O)C(C)C)cc4)cnc3N(C(=O)OC(C)(C)C)C(=O)OC(C)(C)C)o2)cc1. The van der Waals surface area contributed by atoms with E-state index in [1.807, 2.05) is 38.1 Å². The van der Waals surface area contributed by atoms with E-state index >= 15 is 0 Å². The van der Waals surface area contributed by atoms with E-state index in [0.29, 0.717) is 21.6 Å². The van der Waals surface area contributed by atoms with Crippen LogP contribution in [0.4, 0.5) is 15.4 Å². The average Bonchev–Trinajstić information content (AvgIpc) is 3.55. The van der Waals surface area contributed by atoms with Crippen molar-refractivity contribution in [2.45, 2.75) is 111 Å². The Labute approximate surface area is 301 Å². The molecule has 4 aromatic rings. The van der Waals surface area contributed by atoms with Crippen LogP contribution >= 0.6 is 0 Å². The first-order valence-corrected chi connectivity index (χ1v) is 18.3. The third kappa shape index (κ3) is 11.6. The van der Waals surface area contributed by atoms with Gasteiger partial charge in [-0.3, -0.25) is 0 Å². The van der Waals surface area contributed by atoms with Gasteiger partial charge in [-0.25, -0.2) is 23.0 Å². The van der Waals surface area contributed by atoms with Gasteiger partial charge in [-0.2, -0.15) is 4.90 Å². The minimum Gasteiger partial charge on any atom is -0.443 e. The van der Waals surface area contributed by atoms with E-state index in [2.05, 4.69) is 22.1 Å². The highest BCUT2D eigenvalue weighted by Crippen LogP contribution is 2.36. The third-order valence-corrected chi connectivity index (χ3v) is 8.80. The first-order chi connectivity index (χ1) is 23.8. The molecule has 2 amide bonds. The number of aromatic nitrogens is 3. The van der Waals surface area contributed by atoms with Crippen LogP contribution in [0.25, 0.3) is 34.0 Å². The van der Waals surface area contributed by atoms with Crippen molar-refractivity contribution in [2.24, 2.45) is 0 Å². The lowest BCUT2D eigenvalue weighted by Crippen LogP contribution is -2.44. The van der Waals surface area contributed by atoms with Gasteiger partial charge in [0.2, 0.25) is 5.89 Å². The summed E-state index contributed by atoms with van der Waals surface area (Å²) in [6.45, 7) is 20.8. The molecule has 13 heteroatoms. The largest absolute Gasteiger partial charge is 0.443 e. The number of pyridine rings is 1. The van der Waals surface area contributed by atoms with Crippen molar-refractivity contribution >= 4 is 34.1 Å². The first-order valence-electron chi connectivity index (χ1n) is 16.7. The van der Waals surface area contributed by atoms with Gasteiger partial charge in [0.1, 0.15) is 17.5 Å². The van der Waals surface area contributed by atoms with Gasteiger partial charge in [0.15, 0.2) is 15.7 Å². The predicted molar refractivity (Wildman–Crippen MR) is 198 cm³/mol. The van der Waals surface area contributed by atoms with Crippen LogP contribution in [0.3, 0.4) is 0 Å². The highest BCUT2D eigenvalue weighted by Gasteiger charge is 2.36. The van der Waals surface area contributed by atoms with Crippen molar-refractivity contribution in [1.82, 2.24) is 15.2 Å². The number of carbonyl (C=O) groups excluding carboxylic acids is 3. The Kier molecular flexibility index (Phi) is 14.8. The second-order valence-corrected chi connectivity index (χ2v) is 15.7. The number of nitrogens with zero attached hydrogens (tertiary/aromatic N) is 4. The van der Waals surface area contributed by atoms with Crippen molar-refractivity contribution in [3.05, 3.63) is 66.4 Å². The van der Waals surface area contributed by atoms with Crippen LogP contribution in [0.15, 0.2) is 70.1 Å². The molecule has 0 spiro atoms. The number of imide groups is 1. The van der Waals surface area contributed by atoms with E-state index in [1.165, 1.54) is 25.3 Å². The highest BCUT2D eigenvalue weighted by molar-refractivity contribution is 7.92. The summed E-state index contributed by atoms with van der Waals surface area (Å²) in [4.78, 5) is 41.3. The lowest BCUT2D eigenvalue weighted by atomic mass is 10.1. The molecule has 0 aliphatic rings. The molecule has 0 radical (unpaired) electrons. The molecule has 0 bridgehead atoms. The lowest BCUT2D eigenvalue weighted by Gasteiger charge is -2.28. The number of sulfone groups is 1. The Bertz CT molecular complexity index is 1840. The molecule has 0 atom stereocenters. The van der Waals surface area contributed by atoms with Gasteiger partial charge in [-0.15, -0.1) is 10.2 Å². The average molecular weight is 723 g/mol. The molecule has 51 heavy (non-hydrogen) atoms. The standard InChI is InChI=1S/C34H40N4O7S.C2H4O.C2H6/c1-10-22-11-13-24(14-12-22)29-36-37-30(43-29)27-19-25(23-15-17-26(18-16-23)46(41,42)21(2)3)20-35-28(27)38(31(39)44-33(4,5)6)32(40)45-34(7,8)9;1-2-3;1-2/h11-21H,10H2,1-9H3;2H,1H3;1-2H3. The van der Waals surface area contributed by atoms with Crippen LogP contribution in [0, 0.1) is 0 Å². The van der Waals surface area contributed by atoms with Crippen LogP contribution in [0.1, 0.15) is 88.6 Å². The van der Waals surface area contributed by atoms with Crippen molar-refractivity contribution in [3.8, 4) is 34.0 Å². The summed E-state index contributed by atoms with van der Waals surface area (Å²) < 4.78 is 42.6. The van der Waals surface area contributed by atoms with Crippen molar-refractivity contribution in [3.63, 3.8) is 0 Å². The topological polar surface area (TPSA) is 159 Å². The summed E-state index contributed by atoms with van der Waals surface area (Å²) in [5, 5.41) is 7.89. The molecule has 4 rings (SSSR count).